The van der Waals surface area contributed by atoms with Crippen molar-refractivity contribution >= 4 is 41.3 Å². The van der Waals surface area contributed by atoms with Gasteiger partial charge < -0.3 is 34.9 Å². The Bertz CT molecular complexity index is 1270. The number of aromatic nitrogens is 1. The molecule has 0 aliphatic carbocycles. The van der Waals surface area contributed by atoms with Crippen molar-refractivity contribution in [2.75, 3.05) is 31.1 Å². The highest BCUT2D eigenvalue weighted by Gasteiger charge is 2.30. The summed E-state index contributed by atoms with van der Waals surface area (Å²) in [6, 6.07) is 6.97. The number of fused-ring (bicyclic) bond motifs is 1. The number of carbonyl (C=O) groups is 4. The van der Waals surface area contributed by atoms with Crippen LogP contribution in [-0.2, 0) is 19.1 Å². The molecular formula is C24H24N4O8S. The summed E-state index contributed by atoms with van der Waals surface area (Å²) in [5, 5.41) is 8.11. The largest absolute Gasteiger partial charge is 0.463 e. The molecule has 1 aromatic heterocycles. The summed E-state index contributed by atoms with van der Waals surface area (Å²) < 4.78 is 21.0. The average Bonchev–Trinajstić information content (AvgIpc) is 3.34. The molecule has 0 fully saturated rings. The number of esters is 2. The number of anilines is 1. The Hall–Kier alpha value is -4.26. The van der Waals surface area contributed by atoms with Crippen molar-refractivity contribution in [2.24, 2.45) is 0 Å². The van der Waals surface area contributed by atoms with Gasteiger partial charge in [0.25, 0.3) is 0 Å². The molecule has 0 unspecified atom stereocenters. The summed E-state index contributed by atoms with van der Waals surface area (Å²) in [4.78, 5) is 53.8. The highest BCUT2D eigenvalue weighted by Crippen LogP contribution is 2.34. The van der Waals surface area contributed by atoms with E-state index in [1.54, 1.807) is 38.1 Å². The molecule has 2 aromatic rings. The number of pyridine rings is 1. The zero-order valence-corrected chi connectivity index (χ0v) is 20.8. The summed E-state index contributed by atoms with van der Waals surface area (Å²) >= 11 is 1.06. The number of benzene rings is 1. The zero-order chi connectivity index (χ0) is 26.4. The Balaban J connectivity index is 1.39. The maximum Gasteiger partial charge on any atom is 0.341 e. The first kappa shape index (κ1) is 25.8. The van der Waals surface area contributed by atoms with Gasteiger partial charge in [-0.05, 0) is 38.1 Å². The molecule has 4 rings (SSSR count). The second kappa shape index (κ2) is 11.6. The minimum atomic E-state index is -0.733. The van der Waals surface area contributed by atoms with Gasteiger partial charge in [0.15, 0.2) is 11.5 Å². The van der Waals surface area contributed by atoms with Crippen LogP contribution in [0.25, 0.3) is 0 Å². The standard InChI is InChI=1S/C24H24N4O8S/c1-3-33-23(31)20-13(2)26-24(32)28-16(20)10-34-22(30)15-5-4-8-25-21(15)37-11-19(29)27-14-6-7-17-18(9-14)36-12-35-17/h4-9,13H,3,10-12H2,1-2H3,(H,27,29)(H2,26,28,32)/t13-/m0/s1. The van der Waals surface area contributed by atoms with E-state index in [4.69, 9.17) is 18.9 Å². The van der Waals surface area contributed by atoms with Crippen molar-refractivity contribution in [1.29, 1.82) is 0 Å². The molecule has 13 heteroatoms. The monoisotopic (exact) mass is 528 g/mol. The van der Waals surface area contributed by atoms with E-state index in [1.165, 1.54) is 12.3 Å². The van der Waals surface area contributed by atoms with Gasteiger partial charge in [-0.3, -0.25) is 4.79 Å². The van der Waals surface area contributed by atoms with Crippen LogP contribution in [0, 0.1) is 0 Å². The molecule has 0 saturated heterocycles. The van der Waals surface area contributed by atoms with E-state index in [2.05, 4.69) is 20.9 Å². The van der Waals surface area contributed by atoms with Crippen LogP contribution in [0.1, 0.15) is 24.2 Å². The average molecular weight is 529 g/mol. The van der Waals surface area contributed by atoms with Gasteiger partial charge >= 0.3 is 18.0 Å². The Morgan fingerprint density at radius 3 is 2.78 bits per heavy atom. The topological polar surface area (TPSA) is 154 Å². The second-order valence-corrected chi connectivity index (χ2v) is 8.73. The lowest BCUT2D eigenvalue weighted by molar-refractivity contribution is -0.139. The third-order valence-electron chi connectivity index (χ3n) is 5.20. The van der Waals surface area contributed by atoms with Crippen molar-refractivity contribution in [2.45, 2.75) is 24.9 Å². The van der Waals surface area contributed by atoms with Crippen LogP contribution in [0.4, 0.5) is 10.5 Å². The van der Waals surface area contributed by atoms with Gasteiger partial charge in [0.05, 0.1) is 35.2 Å². The third-order valence-corrected chi connectivity index (χ3v) is 6.21. The Labute approximate surface area is 216 Å². The minimum Gasteiger partial charge on any atom is -0.463 e. The fourth-order valence-corrected chi connectivity index (χ4v) is 4.36. The lowest BCUT2D eigenvalue weighted by Gasteiger charge is -2.26. The minimum absolute atomic E-state index is 0.0247. The molecule has 0 saturated carbocycles. The summed E-state index contributed by atoms with van der Waals surface area (Å²) in [6.45, 7) is 3.19. The van der Waals surface area contributed by atoms with E-state index in [1.807, 2.05) is 0 Å². The van der Waals surface area contributed by atoms with Crippen molar-refractivity contribution in [1.82, 2.24) is 15.6 Å². The number of urea groups is 1. The number of nitrogens with zero attached hydrogens (tertiary/aromatic N) is 1. The van der Waals surface area contributed by atoms with Crippen LogP contribution in [0.2, 0.25) is 0 Å². The lowest BCUT2D eigenvalue weighted by Crippen LogP contribution is -2.50. The van der Waals surface area contributed by atoms with Crippen LogP contribution in [0.3, 0.4) is 0 Å². The quantitative estimate of drug-likeness (QED) is 0.326. The third kappa shape index (κ3) is 6.30. The Kier molecular flexibility index (Phi) is 8.13. The molecule has 37 heavy (non-hydrogen) atoms. The predicted octanol–water partition coefficient (Wildman–Crippen LogP) is 2.22. The van der Waals surface area contributed by atoms with Crippen LogP contribution >= 0.6 is 11.8 Å². The first-order valence-corrected chi connectivity index (χ1v) is 12.3. The number of thioether (sulfide) groups is 1. The van der Waals surface area contributed by atoms with Crippen LogP contribution in [0.5, 0.6) is 11.5 Å². The van der Waals surface area contributed by atoms with Gasteiger partial charge in [0.1, 0.15) is 11.6 Å². The SMILES string of the molecule is CCOC(=O)C1=C(COC(=O)c2cccnc2SCC(=O)Nc2ccc3c(c2)OCO3)NC(=O)N[C@H]1C. The number of nitrogens with one attached hydrogen (secondary N) is 3. The van der Waals surface area contributed by atoms with E-state index in [0.29, 0.717) is 17.2 Å². The number of carbonyl (C=O) groups excluding carboxylic acids is 4. The molecule has 0 radical (unpaired) electrons. The summed E-state index contributed by atoms with van der Waals surface area (Å²) in [5.41, 5.74) is 0.967. The molecule has 1 aromatic carbocycles. The second-order valence-electron chi connectivity index (χ2n) is 7.77. The van der Waals surface area contributed by atoms with Gasteiger partial charge in [-0.25, -0.2) is 19.4 Å². The molecule has 3 amide bonds. The maximum absolute atomic E-state index is 12.8. The van der Waals surface area contributed by atoms with Crippen molar-refractivity contribution < 1.29 is 38.1 Å². The summed E-state index contributed by atoms with van der Waals surface area (Å²) in [7, 11) is 0. The summed E-state index contributed by atoms with van der Waals surface area (Å²) in [6.07, 6.45) is 1.49. The van der Waals surface area contributed by atoms with Crippen molar-refractivity contribution in [3.63, 3.8) is 0 Å². The first-order valence-electron chi connectivity index (χ1n) is 11.3. The first-order chi connectivity index (χ1) is 17.9. The molecule has 0 bridgehead atoms. The number of amides is 3. The van der Waals surface area contributed by atoms with E-state index < -0.39 is 24.0 Å². The molecule has 2 aliphatic heterocycles. The molecule has 194 valence electrons. The fourth-order valence-electron chi connectivity index (χ4n) is 3.58. The fraction of sp³-hybridized carbons (Fsp3) is 0.292. The van der Waals surface area contributed by atoms with E-state index >= 15 is 0 Å². The van der Waals surface area contributed by atoms with Crippen LogP contribution in [0.15, 0.2) is 52.8 Å². The Morgan fingerprint density at radius 2 is 1.97 bits per heavy atom. The van der Waals surface area contributed by atoms with Crippen molar-refractivity contribution in [3.05, 3.63) is 53.4 Å². The van der Waals surface area contributed by atoms with Gasteiger partial charge in [-0.15, -0.1) is 0 Å². The zero-order valence-electron chi connectivity index (χ0n) is 20.0. The molecule has 2 aliphatic rings. The van der Waals surface area contributed by atoms with Gasteiger partial charge in [0, 0.05) is 18.0 Å². The van der Waals surface area contributed by atoms with E-state index in [0.717, 1.165) is 11.8 Å². The molecule has 0 spiro atoms. The highest BCUT2D eigenvalue weighted by atomic mass is 32.2. The predicted molar refractivity (Wildman–Crippen MR) is 131 cm³/mol. The van der Waals surface area contributed by atoms with Gasteiger partial charge in [-0.1, -0.05) is 11.8 Å². The number of rotatable bonds is 9. The number of hydrogen-bond donors (Lipinski definition) is 3. The van der Waals surface area contributed by atoms with Crippen LogP contribution in [-0.4, -0.2) is 60.7 Å². The van der Waals surface area contributed by atoms with Gasteiger partial charge in [-0.2, -0.15) is 0 Å². The molecule has 12 nitrogen and oxygen atoms in total. The van der Waals surface area contributed by atoms with Gasteiger partial charge in [0.2, 0.25) is 12.7 Å². The normalized spacial score (nSPS) is 15.9. The molecule has 1 atom stereocenters. The lowest BCUT2D eigenvalue weighted by atomic mass is 10.0. The maximum atomic E-state index is 12.8. The number of hydrogen-bond acceptors (Lipinski definition) is 10. The summed E-state index contributed by atoms with van der Waals surface area (Å²) in [5.74, 6) is -0.552. The molecule has 3 N–H and O–H groups in total. The van der Waals surface area contributed by atoms with E-state index in [9.17, 15) is 19.2 Å². The van der Waals surface area contributed by atoms with Crippen LogP contribution < -0.4 is 25.4 Å². The molecular weight excluding hydrogens is 504 g/mol. The molecule has 3 heterocycles. The Morgan fingerprint density at radius 1 is 1.16 bits per heavy atom. The highest BCUT2D eigenvalue weighted by molar-refractivity contribution is 8.00. The number of ether oxygens (including phenoxy) is 4. The van der Waals surface area contributed by atoms with E-state index in [-0.39, 0.29) is 53.5 Å². The van der Waals surface area contributed by atoms with Crippen molar-refractivity contribution in [3.8, 4) is 11.5 Å². The smallest absolute Gasteiger partial charge is 0.341 e.